The van der Waals surface area contributed by atoms with E-state index in [4.69, 9.17) is 0 Å². The van der Waals surface area contributed by atoms with Crippen LogP contribution in [0.4, 0.5) is 0 Å². The summed E-state index contributed by atoms with van der Waals surface area (Å²) in [7, 11) is 1.87. The van der Waals surface area contributed by atoms with Crippen LogP contribution in [0, 0.1) is 5.92 Å². The Balaban J connectivity index is 1.58. The minimum Gasteiger partial charge on any atom is -0.356 e. The maximum atomic E-state index is 4.38. The third-order valence-electron chi connectivity index (χ3n) is 5.68. The van der Waals surface area contributed by atoms with Gasteiger partial charge in [-0.2, -0.15) is 0 Å². The molecule has 1 unspecified atom stereocenters. The Morgan fingerprint density at radius 3 is 2.46 bits per heavy atom. The zero-order chi connectivity index (χ0) is 17.2. The van der Waals surface area contributed by atoms with Gasteiger partial charge in [-0.15, -0.1) is 0 Å². The molecule has 0 spiro atoms. The summed E-state index contributed by atoms with van der Waals surface area (Å²) in [5.74, 6) is 1.88. The highest BCUT2D eigenvalue weighted by atomic mass is 15.2. The van der Waals surface area contributed by atoms with Crippen LogP contribution in [0.5, 0.6) is 0 Å². The van der Waals surface area contributed by atoms with Crippen molar-refractivity contribution in [2.75, 3.05) is 52.9 Å². The maximum absolute atomic E-state index is 4.38. The summed E-state index contributed by atoms with van der Waals surface area (Å²) in [4.78, 5) is 9.61. The van der Waals surface area contributed by atoms with E-state index in [1.165, 1.54) is 71.2 Å². The minimum absolute atomic E-state index is 0.640. The third kappa shape index (κ3) is 6.60. The predicted octanol–water partition coefficient (Wildman–Crippen LogP) is 2.15. The van der Waals surface area contributed by atoms with Crippen molar-refractivity contribution in [1.82, 2.24) is 20.4 Å². The minimum atomic E-state index is 0.640. The second kappa shape index (κ2) is 10.9. The largest absolute Gasteiger partial charge is 0.356 e. The standard InChI is InChI=1S/C19H39N5/c1-4-18(24-12-5-6-13-24)16-22-19(20-3)21-10-7-11-23-14-8-17(2)9-15-23/h17-18H,4-16H2,1-3H3,(H2,20,21,22). The molecule has 0 aliphatic carbocycles. The van der Waals surface area contributed by atoms with Gasteiger partial charge < -0.3 is 15.5 Å². The van der Waals surface area contributed by atoms with E-state index >= 15 is 0 Å². The van der Waals surface area contributed by atoms with Gasteiger partial charge in [0.05, 0.1) is 0 Å². The van der Waals surface area contributed by atoms with Gasteiger partial charge >= 0.3 is 0 Å². The number of aliphatic imine (C=N–C) groups is 1. The number of nitrogens with zero attached hydrogens (tertiary/aromatic N) is 3. The van der Waals surface area contributed by atoms with Crippen LogP contribution in [0.15, 0.2) is 4.99 Å². The second-order valence-electron chi connectivity index (χ2n) is 7.56. The van der Waals surface area contributed by atoms with Crippen LogP contribution >= 0.6 is 0 Å². The number of guanidine groups is 1. The van der Waals surface area contributed by atoms with Crippen molar-refractivity contribution >= 4 is 5.96 Å². The van der Waals surface area contributed by atoms with Gasteiger partial charge in [0.2, 0.25) is 0 Å². The first-order valence-electron chi connectivity index (χ1n) is 10.1. The predicted molar refractivity (Wildman–Crippen MR) is 104 cm³/mol. The van der Waals surface area contributed by atoms with E-state index in [1.807, 2.05) is 7.05 Å². The molecule has 0 radical (unpaired) electrons. The van der Waals surface area contributed by atoms with E-state index in [-0.39, 0.29) is 0 Å². The molecule has 5 heteroatoms. The Hall–Kier alpha value is -0.810. The van der Waals surface area contributed by atoms with Crippen LogP contribution in [-0.2, 0) is 0 Å². The lowest BCUT2D eigenvalue weighted by molar-refractivity contribution is 0.191. The Morgan fingerprint density at radius 1 is 1.12 bits per heavy atom. The lowest BCUT2D eigenvalue weighted by Gasteiger charge is -2.30. The number of likely N-dealkylation sites (tertiary alicyclic amines) is 2. The van der Waals surface area contributed by atoms with Crippen LogP contribution in [0.1, 0.15) is 52.4 Å². The van der Waals surface area contributed by atoms with Crippen LogP contribution in [0.25, 0.3) is 0 Å². The normalized spacial score (nSPS) is 22.7. The molecule has 0 amide bonds. The van der Waals surface area contributed by atoms with Crippen molar-refractivity contribution in [3.05, 3.63) is 0 Å². The molecule has 2 N–H and O–H groups in total. The van der Waals surface area contributed by atoms with E-state index in [0.29, 0.717) is 6.04 Å². The van der Waals surface area contributed by atoms with Gasteiger partial charge in [0.1, 0.15) is 0 Å². The maximum Gasteiger partial charge on any atom is 0.191 e. The van der Waals surface area contributed by atoms with Crippen molar-refractivity contribution in [3.63, 3.8) is 0 Å². The molecule has 0 aromatic heterocycles. The molecule has 0 aromatic carbocycles. The van der Waals surface area contributed by atoms with Gasteiger partial charge in [-0.25, -0.2) is 0 Å². The Bertz CT molecular complexity index is 357. The average molecular weight is 338 g/mol. The monoisotopic (exact) mass is 337 g/mol. The molecule has 2 rings (SSSR count). The molecule has 1 atom stereocenters. The van der Waals surface area contributed by atoms with Gasteiger partial charge in [0.25, 0.3) is 0 Å². The average Bonchev–Trinajstić information content (AvgIpc) is 3.13. The topological polar surface area (TPSA) is 42.9 Å². The Kier molecular flexibility index (Phi) is 8.89. The fourth-order valence-corrected chi connectivity index (χ4v) is 3.87. The zero-order valence-electron chi connectivity index (χ0n) is 16.2. The van der Waals surface area contributed by atoms with Gasteiger partial charge in [-0.1, -0.05) is 13.8 Å². The lowest BCUT2D eigenvalue weighted by atomic mass is 9.99. The zero-order valence-corrected chi connectivity index (χ0v) is 16.2. The smallest absolute Gasteiger partial charge is 0.191 e. The van der Waals surface area contributed by atoms with E-state index in [0.717, 1.165) is 25.0 Å². The summed E-state index contributed by atoms with van der Waals surface area (Å²) in [5, 5.41) is 7.01. The Labute approximate surface area is 149 Å². The molecule has 140 valence electrons. The summed E-state index contributed by atoms with van der Waals surface area (Å²) < 4.78 is 0. The molecule has 2 fully saturated rings. The van der Waals surface area contributed by atoms with Crippen molar-refractivity contribution < 1.29 is 0 Å². The third-order valence-corrected chi connectivity index (χ3v) is 5.68. The van der Waals surface area contributed by atoms with Gasteiger partial charge in [-0.05, 0) is 77.2 Å². The summed E-state index contributed by atoms with van der Waals surface area (Å²) in [5.41, 5.74) is 0. The van der Waals surface area contributed by atoms with Gasteiger partial charge in [0, 0.05) is 26.2 Å². The molecule has 0 aromatic rings. The van der Waals surface area contributed by atoms with E-state index in [1.54, 1.807) is 0 Å². The highest BCUT2D eigenvalue weighted by molar-refractivity contribution is 5.79. The molecule has 5 nitrogen and oxygen atoms in total. The first kappa shape index (κ1) is 19.5. The fourth-order valence-electron chi connectivity index (χ4n) is 3.87. The first-order valence-corrected chi connectivity index (χ1v) is 10.1. The SMILES string of the molecule is CCC(CNC(=NC)NCCCN1CCC(C)CC1)N1CCCC1. The number of nitrogens with one attached hydrogen (secondary N) is 2. The first-order chi connectivity index (χ1) is 11.7. The van der Waals surface area contributed by atoms with Crippen LogP contribution < -0.4 is 10.6 Å². The van der Waals surface area contributed by atoms with E-state index < -0.39 is 0 Å². The lowest BCUT2D eigenvalue weighted by Crippen LogP contribution is -2.46. The fraction of sp³-hybridized carbons (Fsp3) is 0.947. The highest BCUT2D eigenvalue weighted by Crippen LogP contribution is 2.15. The molecule has 2 aliphatic rings. The van der Waals surface area contributed by atoms with E-state index in [9.17, 15) is 0 Å². The molecule has 2 aliphatic heterocycles. The molecule has 0 saturated carbocycles. The number of hydrogen-bond donors (Lipinski definition) is 2. The van der Waals surface area contributed by atoms with Crippen LogP contribution in [-0.4, -0.2) is 74.7 Å². The summed E-state index contributed by atoms with van der Waals surface area (Å²) in [6.07, 6.45) is 7.85. The van der Waals surface area contributed by atoms with Crippen molar-refractivity contribution in [1.29, 1.82) is 0 Å². The second-order valence-corrected chi connectivity index (χ2v) is 7.56. The van der Waals surface area contributed by atoms with Crippen molar-refractivity contribution in [2.24, 2.45) is 10.9 Å². The molecule has 24 heavy (non-hydrogen) atoms. The Morgan fingerprint density at radius 2 is 1.83 bits per heavy atom. The van der Waals surface area contributed by atoms with Crippen LogP contribution in [0.2, 0.25) is 0 Å². The number of piperidine rings is 1. The summed E-state index contributed by atoms with van der Waals surface area (Å²) in [6.45, 7) is 13.0. The van der Waals surface area contributed by atoms with Gasteiger partial charge in [0.15, 0.2) is 5.96 Å². The van der Waals surface area contributed by atoms with Crippen LogP contribution in [0.3, 0.4) is 0 Å². The van der Waals surface area contributed by atoms with Gasteiger partial charge in [-0.3, -0.25) is 9.89 Å². The molecule has 2 heterocycles. The number of hydrogen-bond acceptors (Lipinski definition) is 3. The molecular formula is C19H39N5. The summed E-state index contributed by atoms with van der Waals surface area (Å²) in [6, 6.07) is 0.640. The molecule has 0 bridgehead atoms. The van der Waals surface area contributed by atoms with E-state index in [2.05, 4.69) is 39.3 Å². The quantitative estimate of drug-likeness (QED) is 0.405. The number of rotatable bonds is 8. The molecular weight excluding hydrogens is 298 g/mol. The summed E-state index contributed by atoms with van der Waals surface area (Å²) >= 11 is 0. The van der Waals surface area contributed by atoms with Crippen molar-refractivity contribution in [2.45, 2.75) is 58.4 Å². The molecule has 2 saturated heterocycles. The van der Waals surface area contributed by atoms with Crippen molar-refractivity contribution in [3.8, 4) is 0 Å². The highest BCUT2D eigenvalue weighted by Gasteiger charge is 2.20.